The fraction of sp³-hybridized carbons (Fsp3) is 1.00. The molecule has 0 aromatic heterocycles. The van der Waals surface area contributed by atoms with E-state index in [1.165, 1.54) is 45.2 Å². The third-order valence-electron chi connectivity index (χ3n) is 4.00. The second kappa shape index (κ2) is 7.29. The molecule has 1 aliphatic rings. The molecule has 0 heterocycles. The summed E-state index contributed by atoms with van der Waals surface area (Å²) in [6, 6.07) is 0. The van der Waals surface area contributed by atoms with Crippen molar-refractivity contribution in [2.45, 2.75) is 52.9 Å². The fourth-order valence-electron chi connectivity index (χ4n) is 2.69. The molecule has 2 N–H and O–H groups in total. The molecule has 1 atom stereocenters. The highest BCUT2D eigenvalue weighted by Crippen LogP contribution is 2.41. The van der Waals surface area contributed by atoms with Crippen LogP contribution in [0.1, 0.15) is 52.9 Å². The van der Waals surface area contributed by atoms with Gasteiger partial charge in [0.15, 0.2) is 0 Å². The third kappa shape index (κ3) is 4.84. The second-order valence-corrected chi connectivity index (χ2v) is 5.89. The molecule has 0 spiro atoms. The van der Waals surface area contributed by atoms with Crippen LogP contribution in [0.4, 0.5) is 0 Å². The molecule has 1 aliphatic carbocycles. The van der Waals surface area contributed by atoms with E-state index in [0.717, 1.165) is 19.0 Å². The van der Waals surface area contributed by atoms with Gasteiger partial charge in [0, 0.05) is 0 Å². The van der Waals surface area contributed by atoms with E-state index < -0.39 is 0 Å². The molecule has 0 aromatic carbocycles. The Kier molecular flexibility index (Phi) is 6.37. The summed E-state index contributed by atoms with van der Waals surface area (Å²) in [7, 11) is 0. The maximum absolute atomic E-state index is 3.62. The Morgan fingerprint density at radius 2 is 1.88 bits per heavy atom. The maximum atomic E-state index is 3.62. The van der Waals surface area contributed by atoms with Crippen molar-refractivity contribution in [2.24, 2.45) is 11.3 Å². The van der Waals surface area contributed by atoms with E-state index in [1.54, 1.807) is 0 Å². The Labute approximate surface area is 102 Å². The van der Waals surface area contributed by atoms with Crippen molar-refractivity contribution < 1.29 is 0 Å². The molecule has 0 saturated heterocycles. The maximum Gasteiger partial charge on any atom is -0.00154 e. The van der Waals surface area contributed by atoms with Crippen molar-refractivity contribution >= 4 is 0 Å². The highest BCUT2D eigenvalue weighted by Gasteiger charge is 2.33. The van der Waals surface area contributed by atoms with Gasteiger partial charge in [-0.25, -0.2) is 0 Å². The van der Waals surface area contributed by atoms with Gasteiger partial charge in [-0.05, 0) is 63.2 Å². The normalized spacial score (nSPS) is 23.8. The average Bonchev–Trinajstić information content (AvgIpc) is 2.57. The van der Waals surface area contributed by atoms with Gasteiger partial charge in [0.2, 0.25) is 0 Å². The average molecular weight is 226 g/mol. The van der Waals surface area contributed by atoms with Crippen LogP contribution in [-0.4, -0.2) is 26.2 Å². The Morgan fingerprint density at radius 1 is 1.12 bits per heavy atom. The quantitative estimate of drug-likeness (QED) is 0.622. The molecule has 0 amide bonds. The standard InChI is InChI=1S/C14H30N2/c1-4-9-15-10-6-11-16-12-13-7-5-8-14(13,2)3/h13,15-16H,4-12H2,1-3H3. The zero-order chi connectivity index (χ0) is 11.9. The molecule has 1 fully saturated rings. The lowest BCUT2D eigenvalue weighted by Gasteiger charge is -2.27. The molecular weight excluding hydrogens is 196 g/mol. The predicted molar refractivity (Wildman–Crippen MR) is 71.8 cm³/mol. The lowest BCUT2D eigenvalue weighted by Crippen LogP contribution is -2.31. The van der Waals surface area contributed by atoms with E-state index in [4.69, 9.17) is 0 Å². The molecule has 2 heteroatoms. The van der Waals surface area contributed by atoms with Crippen molar-refractivity contribution in [1.29, 1.82) is 0 Å². The summed E-state index contributed by atoms with van der Waals surface area (Å²) >= 11 is 0. The van der Waals surface area contributed by atoms with Gasteiger partial charge in [-0.1, -0.05) is 27.2 Å². The summed E-state index contributed by atoms with van der Waals surface area (Å²) in [5.74, 6) is 0.899. The molecule has 0 aliphatic heterocycles. The van der Waals surface area contributed by atoms with Gasteiger partial charge in [-0.3, -0.25) is 0 Å². The van der Waals surface area contributed by atoms with Crippen LogP contribution >= 0.6 is 0 Å². The van der Waals surface area contributed by atoms with Gasteiger partial charge < -0.3 is 10.6 Å². The zero-order valence-electron chi connectivity index (χ0n) is 11.4. The topological polar surface area (TPSA) is 24.1 Å². The molecule has 0 bridgehead atoms. The van der Waals surface area contributed by atoms with Crippen molar-refractivity contribution in [2.75, 3.05) is 26.2 Å². The summed E-state index contributed by atoms with van der Waals surface area (Å²) in [5.41, 5.74) is 0.577. The van der Waals surface area contributed by atoms with Crippen molar-refractivity contribution in [3.05, 3.63) is 0 Å². The van der Waals surface area contributed by atoms with Gasteiger partial charge in [0.25, 0.3) is 0 Å². The molecule has 0 aromatic rings. The fourth-order valence-corrected chi connectivity index (χ4v) is 2.69. The van der Waals surface area contributed by atoms with Gasteiger partial charge in [-0.2, -0.15) is 0 Å². The van der Waals surface area contributed by atoms with Gasteiger partial charge in [0.05, 0.1) is 0 Å². The minimum Gasteiger partial charge on any atom is -0.317 e. The summed E-state index contributed by atoms with van der Waals surface area (Å²) in [6.07, 6.45) is 6.76. The lowest BCUT2D eigenvalue weighted by molar-refractivity contribution is 0.251. The molecule has 2 nitrogen and oxygen atoms in total. The number of hydrogen-bond donors (Lipinski definition) is 2. The van der Waals surface area contributed by atoms with Crippen LogP contribution in [0.3, 0.4) is 0 Å². The Bertz CT molecular complexity index is 178. The monoisotopic (exact) mass is 226 g/mol. The smallest absolute Gasteiger partial charge is 0.00154 e. The van der Waals surface area contributed by atoms with Crippen LogP contribution in [-0.2, 0) is 0 Å². The van der Waals surface area contributed by atoms with Crippen LogP contribution in [0.2, 0.25) is 0 Å². The number of rotatable bonds is 8. The van der Waals surface area contributed by atoms with Crippen LogP contribution < -0.4 is 10.6 Å². The first-order valence-electron chi connectivity index (χ1n) is 7.08. The van der Waals surface area contributed by atoms with Crippen molar-refractivity contribution in [3.63, 3.8) is 0 Å². The van der Waals surface area contributed by atoms with E-state index in [0.29, 0.717) is 5.41 Å². The minimum absolute atomic E-state index is 0.577. The zero-order valence-corrected chi connectivity index (χ0v) is 11.4. The Hall–Kier alpha value is -0.0800. The van der Waals surface area contributed by atoms with E-state index in [1.807, 2.05) is 0 Å². The molecule has 0 radical (unpaired) electrons. The highest BCUT2D eigenvalue weighted by molar-refractivity contribution is 4.85. The molecular formula is C14H30N2. The first-order valence-corrected chi connectivity index (χ1v) is 7.08. The highest BCUT2D eigenvalue weighted by atomic mass is 14.9. The SMILES string of the molecule is CCCNCCCNCC1CCCC1(C)C. The first kappa shape index (κ1) is 14.0. The minimum atomic E-state index is 0.577. The van der Waals surface area contributed by atoms with Crippen LogP contribution in [0.5, 0.6) is 0 Å². The van der Waals surface area contributed by atoms with E-state index in [-0.39, 0.29) is 0 Å². The summed E-state index contributed by atoms with van der Waals surface area (Å²) in [5, 5.41) is 7.06. The van der Waals surface area contributed by atoms with E-state index in [2.05, 4.69) is 31.4 Å². The van der Waals surface area contributed by atoms with Gasteiger partial charge in [0.1, 0.15) is 0 Å². The number of hydrogen-bond acceptors (Lipinski definition) is 2. The Morgan fingerprint density at radius 3 is 2.50 bits per heavy atom. The Balaban J connectivity index is 1.95. The molecule has 1 unspecified atom stereocenters. The summed E-state index contributed by atoms with van der Waals surface area (Å²) in [4.78, 5) is 0. The first-order chi connectivity index (χ1) is 7.67. The van der Waals surface area contributed by atoms with E-state index in [9.17, 15) is 0 Å². The van der Waals surface area contributed by atoms with Gasteiger partial charge >= 0.3 is 0 Å². The third-order valence-corrected chi connectivity index (χ3v) is 4.00. The number of nitrogens with one attached hydrogen (secondary N) is 2. The van der Waals surface area contributed by atoms with Crippen molar-refractivity contribution in [3.8, 4) is 0 Å². The van der Waals surface area contributed by atoms with Crippen LogP contribution in [0.15, 0.2) is 0 Å². The summed E-state index contributed by atoms with van der Waals surface area (Å²) < 4.78 is 0. The second-order valence-electron chi connectivity index (χ2n) is 5.89. The summed E-state index contributed by atoms with van der Waals surface area (Å²) in [6.45, 7) is 11.8. The molecule has 96 valence electrons. The van der Waals surface area contributed by atoms with Crippen LogP contribution in [0.25, 0.3) is 0 Å². The molecule has 16 heavy (non-hydrogen) atoms. The molecule has 1 rings (SSSR count). The largest absolute Gasteiger partial charge is 0.317 e. The van der Waals surface area contributed by atoms with Gasteiger partial charge in [-0.15, -0.1) is 0 Å². The van der Waals surface area contributed by atoms with E-state index >= 15 is 0 Å². The predicted octanol–water partition coefficient (Wildman–Crippen LogP) is 2.79. The lowest BCUT2D eigenvalue weighted by atomic mass is 9.82. The van der Waals surface area contributed by atoms with Crippen LogP contribution in [0, 0.1) is 11.3 Å². The van der Waals surface area contributed by atoms with Crippen molar-refractivity contribution in [1.82, 2.24) is 10.6 Å². The molecule has 1 saturated carbocycles.